The van der Waals surface area contributed by atoms with E-state index in [1.165, 1.54) is 12.1 Å². The van der Waals surface area contributed by atoms with Crippen molar-refractivity contribution in [2.75, 3.05) is 38.6 Å². The van der Waals surface area contributed by atoms with Gasteiger partial charge < -0.3 is 15.5 Å². The minimum Gasteiger partial charge on any atom is -0.371 e. The molecular formula is C14H21ClN4. The number of anilines is 1. The number of hydrogen-bond donors (Lipinski definition) is 2. The lowest BCUT2D eigenvalue weighted by molar-refractivity contribution is 0.568. The molecule has 0 aliphatic carbocycles. The van der Waals surface area contributed by atoms with E-state index in [2.05, 4.69) is 32.7 Å². The zero-order valence-corrected chi connectivity index (χ0v) is 12.2. The summed E-state index contributed by atoms with van der Waals surface area (Å²) in [6.45, 7) is 3.14. The Morgan fingerprint density at radius 3 is 2.79 bits per heavy atom. The van der Waals surface area contributed by atoms with E-state index < -0.39 is 0 Å². The Bertz CT molecular complexity index is 430. The highest BCUT2D eigenvalue weighted by Crippen LogP contribution is 2.24. The van der Waals surface area contributed by atoms with Gasteiger partial charge in [-0.15, -0.1) is 0 Å². The van der Waals surface area contributed by atoms with Crippen LogP contribution in [0.3, 0.4) is 0 Å². The van der Waals surface area contributed by atoms with Crippen molar-refractivity contribution < 1.29 is 0 Å². The predicted octanol–water partition coefficient (Wildman–Crippen LogP) is 1.96. The summed E-state index contributed by atoms with van der Waals surface area (Å²) in [6, 6.07) is 8.08. The molecule has 0 bridgehead atoms. The first-order valence-electron chi connectivity index (χ1n) is 6.62. The number of aliphatic imine (C=N–C) groups is 1. The van der Waals surface area contributed by atoms with E-state index in [1.807, 2.05) is 19.2 Å². The summed E-state index contributed by atoms with van der Waals surface area (Å²) < 4.78 is 0. The van der Waals surface area contributed by atoms with Gasteiger partial charge >= 0.3 is 0 Å². The van der Waals surface area contributed by atoms with Crippen molar-refractivity contribution in [3.05, 3.63) is 29.3 Å². The highest BCUT2D eigenvalue weighted by atomic mass is 35.5. The summed E-state index contributed by atoms with van der Waals surface area (Å²) >= 11 is 5.91. The molecule has 2 N–H and O–H groups in total. The zero-order valence-electron chi connectivity index (χ0n) is 11.5. The molecule has 1 aliphatic rings. The largest absolute Gasteiger partial charge is 0.371 e. The average Bonchev–Trinajstić information content (AvgIpc) is 2.89. The highest BCUT2D eigenvalue weighted by Gasteiger charge is 2.22. The van der Waals surface area contributed by atoms with Crippen molar-refractivity contribution in [1.82, 2.24) is 10.6 Å². The van der Waals surface area contributed by atoms with E-state index in [9.17, 15) is 0 Å². The lowest BCUT2D eigenvalue weighted by Gasteiger charge is -2.19. The third-order valence-corrected chi connectivity index (χ3v) is 3.75. The smallest absolute Gasteiger partial charge is 0.190 e. The molecule has 1 fully saturated rings. The maximum Gasteiger partial charge on any atom is 0.190 e. The fraction of sp³-hybridized carbons (Fsp3) is 0.500. The summed E-state index contributed by atoms with van der Waals surface area (Å²) in [4.78, 5) is 6.53. The number of benzene rings is 1. The second-order valence-corrected chi connectivity index (χ2v) is 5.22. The van der Waals surface area contributed by atoms with Gasteiger partial charge in [-0.1, -0.05) is 11.6 Å². The Labute approximate surface area is 119 Å². The van der Waals surface area contributed by atoms with Gasteiger partial charge in [-0.3, -0.25) is 4.99 Å². The Morgan fingerprint density at radius 1 is 1.42 bits per heavy atom. The minimum absolute atomic E-state index is 0.653. The quantitative estimate of drug-likeness (QED) is 0.657. The van der Waals surface area contributed by atoms with Crippen molar-refractivity contribution >= 4 is 23.2 Å². The third kappa shape index (κ3) is 3.77. The molecular weight excluding hydrogens is 260 g/mol. The van der Waals surface area contributed by atoms with E-state index in [1.54, 1.807) is 7.05 Å². The monoisotopic (exact) mass is 280 g/mol. The van der Waals surface area contributed by atoms with Gasteiger partial charge in [-0.25, -0.2) is 0 Å². The van der Waals surface area contributed by atoms with Gasteiger partial charge in [-0.2, -0.15) is 0 Å². The summed E-state index contributed by atoms with van der Waals surface area (Å²) in [5, 5.41) is 7.16. The van der Waals surface area contributed by atoms with Crippen molar-refractivity contribution in [3.8, 4) is 0 Å². The summed E-state index contributed by atoms with van der Waals surface area (Å²) in [5.74, 6) is 1.51. The summed E-state index contributed by atoms with van der Waals surface area (Å²) in [6.07, 6.45) is 1.20. The maximum atomic E-state index is 5.91. The van der Waals surface area contributed by atoms with Gasteiger partial charge in [0.15, 0.2) is 5.96 Å². The number of guanidine groups is 1. The Kier molecular flexibility index (Phi) is 4.91. The number of halogens is 1. The van der Waals surface area contributed by atoms with Crippen LogP contribution in [-0.2, 0) is 0 Å². The van der Waals surface area contributed by atoms with E-state index in [4.69, 9.17) is 11.6 Å². The second kappa shape index (κ2) is 6.66. The van der Waals surface area contributed by atoms with Crippen LogP contribution in [0.5, 0.6) is 0 Å². The average molecular weight is 281 g/mol. The van der Waals surface area contributed by atoms with Crippen LogP contribution in [0.15, 0.2) is 29.3 Å². The molecule has 1 atom stereocenters. The second-order valence-electron chi connectivity index (χ2n) is 4.78. The molecule has 0 saturated carbocycles. The molecule has 1 aliphatic heterocycles. The zero-order chi connectivity index (χ0) is 13.7. The van der Waals surface area contributed by atoms with Crippen LogP contribution in [0.2, 0.25) is 5.02 Å². The Hall–Kier alpha value is -1.42. The standard InChI is InChI=1S/C14H21ClN4/c1-16-14(17-2)18-9-11-7-8-19(10-11)13-5-3-12(15)4-6-13/h3-6,11H,7-10H2,1-2H3,(H2,16,17,18)/t11-/m0/s1. The molecule has 0 spiro atoms. The van der Waals surface area contributed by atoms with Crippen LogP contribution in [0.1, 0.15) is 6.42 Å². The van der Waals surface area contributed by atoms with Gasteiger partial charge in [0.1, 0.15) is 0 Å². The van der Waals surface area contributed by atoms with Crippen molar-refractivity contribution in [1.29, 1.82) is 0 Å². The summed E-state index contributed by atoms with van der Waals surface area (Å²) in [7, 11) is 3.66. The minimum atomic E-state index is 0.653. The van der Waals surface area contributed by atoms with Gasteiger partial charge in [0.05, 0.1) is 0 Å². The Morgan fingerprint density at radius 2 is 2.16 bits per heavy atom. The van der Waals surface area contributed by atoms with Gasteiger partial charge in [0.25, 0.3) is 0 Å². The summed E-state index contributed by atoms with van der Waals surface area (Å²) in [5.41, 5.74) is 1.25. The van der Waals surface area contributed by atoms with E-state index in [0.29, 0.717) is 5.92 Å². The molecule has 0 amide bonds. The number of rotatable bonds is 3. The van der Waals surface area contributed by atoms with E-state index in [0.717, 1.165) is 30.6 Å². The van der Waals surface area contributed by atoms with Crippen molar-refractivity contribution in [3.63, 3.8) is 0 Å². The molecule has 5 heteroatoms. The first-order valence-corrected chi connectivity index (χ1v) is 6.99. The predicted molar refractivity (Wildman–Crippen MR) is 82.2 cm³/mol. The maximum absolute atomic E-state index is 5.91. The lowest BCUT2D eigenvalue weighted by Crippen LogP contribution is -2.38. The number of nitrogens with zero attached hydrogens (tertiary/aromatic N) is 2. The van der Waals surface area contributed by atoms with Crippen molar-refractivity contribution in [2.24, 2.45) is 10.9 Å². The van der Waals surface area contributed by atoms with Crippen molar-refractivity contribution in [2.45, 2.75) is 6.42 Å². The first kappa shape index (κ1) is 14.0. The molecule has 19 heavy (non-hydrogen) atoms. The van der Waals surface area contributed by atoms with Crippen LogP contribution >= 0.6 is 11.6 Å². The van der Waals surface area contributed by atoms with Gasteiger partial charge in [0.2, 0.25) is 0 Å². The molecule has 1 aromatic carbocycles. The number of nitrogens with one attached hydrogen (secondary N) is 2. The number of hydrogen-bond acceptors (Lipinski definition) is 2. The van der Waals surface area contributed by atoms with Crippen LogP contribution in [0, 0.1) is 5.92 Å². The van der Waals surface area contributed by atoms with E-state index in [-0.39, 0.29) is 0 Å². The molecule has 4 nitrogen and oxygen atoms in total. The fourth-order valence-electron chi connectivity index (χ4n) is 2.41. The van der Waals surface area contributed by atoms with Crippen LogP contribution in [0.25, 0.3) is 0 Å². The molecule has 0 radical (unpaired) electrons. The first-order chi connectivity index (χ1) is 9.22. The fourth-order valence-corrected chi connectivity index (χ4v) is 2.53. The molecule has 0 aromatic heterocycles. The van der Waals surface area contributed by atoms with Crippen LogP contribution in [0.4, 0.5) is 5.69 Å². The van der Waals surface area contributed by atoms with Crippen LogP contribution in [-0.4, -0.2) is 39.7 Å². The van der Waals surface area contributed by atoms with Crippen LogP contribution < -0.4 is 15.5 Å². The van der Waals surface area contributed by atoms with E-state index >= 15 is 0 Å². The molecule has 0 unspecified atom stereocenters. The SMILES string of the molecule is CN=C(NC)NC[C@@H]1CCN(c2ccc(Cl)cc2)C1. The molecule has 1 aromatic rings. The lowest BCUT2D eigenvalue weighted by atomic mass is 10.1. The molecule has 2 rings (SSSR count). The topological polar surface area (TPSA) is 39.7 Å². The molecule has 1 saturated heterocycles. The van der Waals surface area contributed by atoms with Gasteiger partial charge in [-0.05, 0) is 36.6 Å². The Balaban J connectivity index is 1.84. The molecule has 1 heterocycles. The normalized spacial score (nSPS) is 19.6. The van der Waals surface area contributed by atoms with Gasteiger partial charge in [0, 0.05) is 44.4 Å². The highest BCUT2D eigenvalue weighted by molar-refractivity contribution is 6.30. The molecule has 104 valence electrons. The third-order valence-electron chi connectivity index (χ3n) is 3.50.